The topological polar surface area (TPSA) is 38.2 Å². The molecule has 0 aliphatic carbocycles. The van der Waals surface area contributed by atoms with E-state index in [-0.39, 0.29) is 0 Å². The number of benzene rings is 1. The molecule has 6 heteroatoms. The summed E-state index contributed by atoms with van der Waals surface area (Å²) in [6.07, 6.45) is 0. The zero-order valence-corrected chi connectivity index (χ0v) is 12.2. The molecule has 0 N–H and O–H groups in total. The molecule has 20 heavy (non-hydrogen) atoms. The van der Waals surface area contributed by atoms with E-state index < -0.39 is 0 Å². The van der Waals surface area contributed by atoms with E-state index >= 15 is 0 Å². The zero-order valence-electron chi connectivity index (χ0n) is 10.7. The molecule has 0 amide bonds. The van der Waals surface area contributed by atoms with Gasteiger partial charge in [0.15, 0.2) is 11.0 Å². The normalized spacial score (nSPS) is 15.4. The molecule has 0 unspecified atom stereocenters. The highest BCUT2D eigenvalue weighted by atomic mass is 35.5. The second-order valence-electron chi connectivity index (χ2n) is 4.51. The Morgan fingerprint density at radius 2 is 1.70 bits per heavy atom. The predicted molar refractivity (Wildman–Crippen MR) is 80.5 cm³/mol. The zero-order chi connectivity index (χ0) is 13.9. The van der Waals surface area contributed by atoms with Crippen LogP contribution >= 0.6 is 23.2 Å². The molecular formula is C14H13Cl2N3O. The molecule has 0 saturated carbocycles. The molecule has 1 fully saturated rings. The van der Waals surface area contributed by atoms with Crippen LogP contribution in [0.5, 0.6) is 0 Å². The molecule has 2 heterocycles. The largest absolute Gasteiger partial charge is 0.378 e. The second-order valence-corrected chi connectivity index (χ2v) is 5.31. The second kappa shape index (κ2) is 5.95. The number of halogens is 2. The van der Waals surface area contributed by atoms with Gasteiger partial charge in [0.25, 0.3) is 0 Å². The van der Waals surface area contributed by atoms with E-state index in [0.717, 1.165) is 30.0 Å². The first-order chi connectivity index (χ1) is 9.74. The van der Waals surface area contributed by atoms with Crippen molar-refractivity contribution in [3.8, 4) is 11.1 Å². The fraction of sp³-hybridized carbons (Fsp3) is 0.286. The van der Waals surface area contributed by atoms with Gasteiger partial charge in [-0.05, 0) is 23.8 Å². The van der Waals surface area contributed by atoms with Gasteiger partial charge in [-0.25, -0.2) is 0 Å². The fourth-order valence-electron chi connectivity index (χ4n) is 2.15. The highest BCUT2D eigenvalue weighted by Gasteiger charge is 2.15. The molecule has 0 atom stereocenters. The third-order valence-electron chi connectivity index (χ3n) is 3.23. The van der Waals surface area contributed by atoms with Gasteiger partial charge in [0, 0.05) is 23.7 Å². The molecule has 3 rings (SSSR count). The molecule has 1 saturated heterocycles. The van der Waals surface area contributed by atoms with E-state index in [0.29, 0.717) is 23.4 Å². The highest BCUT2D eigenvalue weighted by Crippen LogP contribution is 2.29. The Labute approximate surface area is 127 Å². The van der Waals surface area contributed by atoms with Crippen molar-refractivity contribution in [1.29, 1.82) is 0 Å². The van der Waals surface area contributed by atoms with Crippen LogP contribution in [0.25, 0.3) is 11.1 Å². The number of anilines is 1. The summed E-state index contributed by atoms with van der Waals surface area (Å²) in [5.74, 6) is 0.822. The number of aromatic nitrogens is 2. The number of nitrogens with zero attached hydrogens (tertiary/aromatic N) is 3. The van der Waals surface area contributed by atoms with Crippen molar-refractivity contribution in [1.82, 2.24) is 10.2 Å². The van der Waals surface area contributed by atoms with Crippen molar-refractivity contribution >= 4 is 29.0 Å². The maximum absolute atomic E-state index is 6.16. The summed E-state index contributed by atoms with van der Waals surface area (Å²) in [4.78, 5) is 2.15. The minimum absolute atomic E-state index is 0.393. The first kappa shape index (κ1) is 13.6. The van der Waals surface area contributed by atoms with E-state index in [1.54, 1.807) is 0 Å². The monoisotopic (exact) mass is 309 g/mol. The molecule has 104 valence electrons. The quantitative estimate of drug-likeness (QED) is 0.853. The van der Waals surface area contributed by atoms with Gasteiger partial charge in [-0.15, -0.1) is 10.2 Å². The summed E-state index contributed by atoms with van der Waals surface area (Å²) >= 11 is 12.1. The van der Waals surface area contributed by atoms with Gasteiger partial charge in [-0.1, -0.05) is 35.3 Å². The van der Waals surface area contributed by atoms with Crippen LogP contribution in [0.3, 0.4) is 0 Å². The highest BCUT2D eigenvalue weighted by molar-refractivity contribution is 6.32. The lowest BCUT2D eigenvalue weighted by Crippen LogP contribution is -2.36. The van der Waals surface area contributed by atoms with Crippen LogP contribution in [0.15, 0.2) is 30.3 Å². The molecule has 2 aromatic rings. The Hall–Kier alpha value is -1.36. The minimum Gasteiger partial charge on any atom is -0.378 e. The first-order valence-corrected chi connectivity index (χ1v) is 7.11. The van der Waals surface area contributed by atoms with Gasteiger partial charge < -0.3 is 9.64 Å². The van der Waals surface area contributed by atoms with Gasteiger partial charge in [-0.2, -0.15) is 0 Å². The van der Waals surface area contributed by atoms with E-state index in [1.807, 2.05) is 30.3 Å². The predicted octanol–water partition coefficient (Wildman–Crippen LogP) is 3.29. The maximum Gasteiger partial charge on any atom is 0.159 e. The summed E-state index contributed by atoms with van der Waals surface area (Å²) in [5, 5.41) is 9.31. The van der Waals surface area contributed by atoms with Crippen LogP contribution in [0.2, 0.25) is 10.2 Å². The Morgan fingerprint density at radius 1 is 1.00 bits per heavy atom. The molecule has 1 aromatic heterocycles. The van der Waals surface area contributed by atoms with Crippen LogP contribution in [-0.2, 0) is 4.74 Å². The third-order valence-corrected chi connectivity index (χ3v) is 3.76. The maximum atomic E-state index is 6.16. The van der Waals surface area contributed by atoms with E-state index in [2.05, 4.69) is 15.1 Å². The van der Waals surface area contributed by atoms with E-state index in [1.165, 1.54) is 0 Å². The summed E-state index contributed by atoms with van der Waals surface area (Å²) < 4.78 is 5.34. The average molecular weight is 310 g/mol. The lowest BCUT2D eigenvalue weighted by Gasteiger charge is -2.27. The Morgan fingerprint density at radius 3 is 2.40 bits per heavy atom. The number of hydrogen-bond donors (Lipinski definition) is 0. The molecular weight excluding hydrogens is 297 g/mol. The van der Waals surface area contributed by atoms with Crippen molar-refractivity contribution in [2.45, 2.75) is 0 Å². The lowest BCUT2D eigenvalue weighted by atomic mass is 10.1. The minimum atomic E-state index is 0.393. The number of rotatable bonds is 2. The molecule has 1 aromatic carbocycles. The molecule has 0 radical (unpaired) electrons. The Bertz CT molecular complexity index is 598. The average Bonchev–Trinajstić information content (AvgIpc) is 2.50. The summed E-state index contributed by atoms with van der Waals surface area (Å²) in [5.41, 5.74) is 1.84. The van der Waals surface area contributed by atoms with Crippen LogP contribution in [0, 0.1) is 0 Å². The third kappa shape index (κ3) is 2.87. The summed E-state index contributed by atoms with van der Waals surface area (Å²) in [6.45, 7) is 3.05. The molecule has 1 aliphatic heterocycles. The van der Waals surface area contributed by atoms with Crippen molar-refractivity contribution in [3.63, 3.8) is 0 Å². The summed E-state index contributed by atoms with van der Waals surface area (Å²) in [7, 11) is 0. The molecule has 0 bridgehead atoms. The van der Waals surface area contributed by atoms with Gasteiger partial charge in [0.05, 0.1) is 13.2 Å². The van der Waals surface area contributed by atoms with Crippen LogP contribution in [-0.4, -0.2) is 36.5 Å². The number of ether oxygens (including phenoxy) is 1. The van der Waals surface area contributed by atoms with Crippen molar-refractivity contribution in [3.05, 3.63) is 40.5 Å². The van der Waals surface area contributed by atoms with Gasteiger partial charge in [-0.3, -0.25) is 0 Å². The Kier molecular flexibility index (Phi) is 4.05. The van der Waals surface area contributed by atoms with E-state index in [9.17, 15) is 0 Å². The SMILES string of the molecule is Clc1ccc(-c2cc(N3CCOCC3)nnc2Cl)cc1. The number of morpholine rings is 1. The Balaban J connectivity index is 1.95. The van der Waals surface area contributed by atoms with Gasteiger partial charge in [0.2, 0.25) is 0 Å². The number of hydrogen-bond acceptors (Lipinski definition) is 4. The van der Waals surface area contributed by atoms with Gasteiger partial charge in [0.1, 0.15) is 0 Å². The first-order valence-electron chi connectivity index (χ1n) is 6.36. The summed E-state index contributed by atoms with van der Waals surface area (Å²) in [6, 6.07) is 9.48. The molecule has 4 nitrogen and oxygen atoms in total. The van der Waals surface area contributed by atoms with Crippen LogP contribution in [0.4, 0.5) is 5.82 Å². The molecule has 0 spiro atoms. The van der Waals surface area contributed by atoms with Crippen molar-refractivity contribution in [2.75, 3.05) is 31.2 Å². The molecule has 1 aliphatic rings. The lowest BCUT2D eigenvalue weighted by molar-refractivity contribution is 0.122. The van der Waals surface area contributed by atoms with Gasteiger partial charge >= 0.3 is 0 Å². The van der Waals surface area contributed by atoms with Crippen molar-refractivity contribution in [2.24, 2.45) is 0 Å². The van der Waals surface area contributed by atoms with Crippen LogP contribution < -0.4 is 4.90 Å². The van der Waals surface area contributed by atoms with Crippen molar-refractivity contribution < 1.29 is 4.74 Å². The standard InChI is InChI=1S/C14H13Cl2N3O/c15-11-3-1-10(2-4-11)12-9-13(17-18-14(12)16)19-5-7-20-8-6-19/h1-4,9H,5-8H2. The smallest absolute Gasteiger partial charge is 0.159 e. The van der Waals surface area contributed by atoms with E-state index in [4.69, 9.17) is 27.9 Å². The van der Waals surface area contributed by atoms with Crippen LogP contribution in [0.1, 0.15) is 0 Å². The fourth-order valence-corrected chi connectivity index (χ4v) is 2.47.